The summed E-state index contributed by atoms with van der Waals surface area (Å²) in [5.74, 6) is -0.683. The normalized spacial score (nSPS) is 10.0. The molecule has 120 valence electrons. The molecule has 0 aliphatic heterocycles. The Balaban J connectivity index is 1.94. The van der Waals surface area contributed by atoms with Gasteiger partial charge in [-0.2, -0.15) is 0 Å². The van der Waals surface area contributed by atoms with E-state index in [0.717, 1.165) is 11.3 Å². The smallest absolute Gasteiger partial charge is 0.337 e. The Hall–Kier alpha value is -2.53. The van der Waals surface area contributed by atoms with E-state index in [1.54, 1.807) is 30.3 Å². The van der Waals surface area contributed by atoms with Crippen molar-refractivity contribution >= 4 is 34.9 Å². The first-order valence-electron chi connectivity index (χ1n) is 6.98. The van der Waals surface area contributed by atoms with Crippen molar-refractivity contribution in [2.75, 3.05) is 24.3 Å². The summed E-state index contributed by atoms with van der Waals surface area (Å²) in [5, 5.41) is 6.35. The van der Waals surface area contributed by atoms with E-state index in [2.05, 4.69) is 15.4 Å². The molecule has 2 rings (SSSR count). The van der Waals surface area contributed by atoms with E-state index in [9.17, 15) is 9.59 Å². The summed E-state index contributed by atoms with van der Waals surface area (Å²) in [7, 11) is 1.31. The van der Waals surface area contributed by atoms with Gasteiger partial charge in [-0.05, 0) is 42.8 Å². The third-order valence-corrected chi connectivity index (χ3v) is 3.60. The van der Waals surface area contributed by atoms with Crippen LogP contribution in [0.4, 0.5) is 11.4 Å². The van der Waals surface area contributed by atoms with Crippen molar-refractivity contribution in [3.63, 3.8) is 0 Å². The van der Waals surface area contributed by atoms with Crippen molar-refractivity contribution < 1.29 is 14.3 Å². The number of aryl methyl sites for hydroxylation is 1. The van der Waals surface area contributed by atoms with Crippen LogP contribution in [0.2, 0.25) is 5.02 Å². The first-order chi connectivity index (χ1) is 11.0. The zero-order valence-corrected chi connectivity index (χ0v) is 13.6. The van der Waals surface area contributed by atoms with Gasteiger partial charge in [0.2, 0.25) is 5.91 Å². The third kappa shape index (κ3) is 4.72. The van der Waals surface area contributed by atoms with E-state index in [0.29, 0.717) is 16.3 Å². The zero-order chi connectivity index (χ0) is 16.8. The second-order valence-corrected chi connectivity index (χ2v) is 5.35. The fraction of sp³-hybridized carbons (Fsp3) is 0.176. The van der Waals surface area contributed by atoms with Crippen LogP contribution in [0.5, 0.6) is 0 Å². The van der Waals surface area contributed by atoms with E-state index in [-0.39, 0.29) is 12.5 Å². The minimum Gasteiger partial charge on any atom is -0.465 e. The molecule has 0 aliphatic rings. The van der Waals surface area contributed by atoms with Crippen molar-refractivity contribution in [1.29, 1.82) is 0 Å². The average Bonchev–Trinajstić information content (AvgIpc) is 2.55. The lowest BCUT2D eigenvalue weighted by molar-refractivity contribution is -0.114. The summed E-state index contributed by atoms with van der Waals surface area (Å²) in [6.07, 6.45) is 0. The van der Waals surface area contributed by atoms with Crippen LogP contribution in [0.15, 0.2) is 42.5 Å². The molecule has 0 aromatic heterocycles. The summed E-state index contributed by atoms with van der Waals surface area (Å²) >= 11 is 6.04. The highest BCUT2D eigenvalue weighted by molar-refractivity contribution is 6.31. The number of halogens is 1. The van der Waals surface area contributed by atoms with Crippen LogP contribution in [0.1, 0.15) is 15.9 Å². The molecular weight excluding hydrogens is 316 g/mol. The molecule has 0 aliphatic carbocycles. The number of benzene rings is 2. The first kappa shape index (κ1) is 16.8. The molecule has 0 fully saturated rings. The van der Waals surface area contributed by atoms with Crippen molar-refractivity contribution in [3.05, 3.63) is 58.6 Å². The number of anilines is 2. The Bertz CT molecular complexity index is 732. The standard InChI is InChI=1S/C17H17ClN2O3/c1-11-6-7-13(9-15(11)18)19-10-16(21)20-14-5-3-4-12(8-14)17(22)23-2/h3-9,19H,10H2,1-2H3,(H,20,21). The lowest BCUT2D eigenvalue weighted by atomic mass is 10.2. The number of amides is 1. The highest BCUT2D eigenvalue weighted by Gasteiger charge is 2.08. The van der Waals surface area contributed by atoms with Crippen LogP contribution in [-0.4, -0.2) is 25.5 Å². The SMILES string of the molecule is COC(=O)c1cccc(NC(=O)CNc2ccc(C)c(Cl)c2)c1. The van der Waals surface area contributed by atoms with Gasteiger partial charge < -0.3 is 15.4 Å². The topological polar surface area (TPSA) is 67.4 Å². The van der Waals surface area contributed by atoms with Crippen LogP contribution in [0, 0.1) is 6.92 Å². The molecule has 2 N–H and O–H groups in total. The predicted octanol–water partition coefficient (Wildman–Crippen LogP) is 3.49. The summed E-state index contributed by atoms with van der Waals surface area (Å²) in [6.45, 7) is 1.99. The van der Waals surface area contributed by atoms with Crippen LogP contribution in [0.25, 0.3) is 0 Å². The average molecular weight is 333 g/mol. The Morgan fingerprint density at radius 3 is 2.61 bits per heavy atom. The molecule has 0 bridgehead atoms. The Kier molecular flexibility index (Phi) is 5.60. The lowest BCUT2D eigenvalue weighted by Crippen LogP contribution is -2.21. The second kappa shape index (κ2) is 7.65. The van der Waals surface area contributed by atoms with Gasteiger partial charge in [0.05, 0.1) is 19.2 Å². The highest BCUT2D eigenvalue weighted by Crippen LogP contribution is 2.19. The Morgan fingerprint density at radius 1 is 1.13 bits per heavy atom. The van der Waals surface area contributed by atoms with Gasteiger partial charge in [0.25, 0.3) is 0 Å². The molecule has 6 heteroatoms. The number of hydrogen-bond acceptors (Lipinski definition) is 4. The number of nitrogens with one attached hydrogen (secondary N) is 2. The van der Waals surface area contributed by atoms with E-state index < -0.39 is 5.97 Å². The summed E-state index contributed by atoms with van der Waals surface area (Å²) < 4.78 is 4.65. The first-order valence-corrected chi connectivity index (χ1v) is 7.35. The fourth-order valence-electron chi connectivity index (χ4n) is 1.93. The van der Waals surface area contributed by atoms with Crippen LogP contribution >= 0.6 is 11.6 Å². The third-order valence-electron chi connectivity index (χ3n) is 3.19. The molecule has 0 unspecified atom stereocenters. The van der Waals surface area contributed by atoms with E-state index in [4.69, 9.17) is 11.6 Å². The predicted molar refractivity (Wildman–Crippen MR) is 91.1 cm³/mol. The maximum atomic E-state index is 12.0. The van der Waals surface area contributed by atoms with Gasteiger partial charge in [0.15, 0.2) is 0 Å². The molecule has 2 aromatic rings. The Morgan fingerprint density at radius 2 is 1.91 bits per heavy atom. The maximum Gasteiger partial charge on any atom is 0.337 e. The van der Waals surface area contributed by atoms with Gasteiger partial charge in [-0.25, -0.2) is 4.79 Å². The molecule has 2 aromatic carbocycles. The molecule has 0 radical (unpaired) electrons. The number of rotatable bonds is 5. The number of carbonyl (C=O) groups excluding carboxylic acids is 2. The number of carbonyl (C=O) groups is 2. The van der Waals surface area contributed by atoms with Crippen molar-refractivity contribution in [2.24, 2.45) is 0 Å². The summed E-state index contributed by atoms with van der Waals surface area (Å²) in [6, 6.07) is 12.1. The van der Waals surface area contributed by atoms with Gasteiger partial charge in [-0.15, -0.1) is 0 Å². The molecule has 5 nitrogen and oxygen atoms in total. The minimum absolute atomic E-state index is 0.0852. The molecule has 23 heavy (non-hydrogen) atoms. The molecule has 0 spiro atoms. The highest BCUT2D eigenvalue weighted by atomic mass is 35.5. The van der Waals surface area contributed by atoms with Crippen molar-refractivity contribution in [2.45, 2.75) is 6.92 Å². The van der Waals surface area contributed by atoms with Gasteiger partial charge in [-0.3, -0.25) is 4.79 Å². The zero-order valence-electron chi connectivity index (χ0n) is 12.9. The number of ether oxygens (including phenoxy) is 1. The van der Waals surface area contributed by atoms with Crippen LogP contribution in [0.3, 0.4) is 0 Å². The number of methoxy groups -OCH3 is 1. The summed E-state index contributed by atoms with van der Waals surface area (Å²) in [5.41, 5.74) is 2.64. The van der Waals surface area contributed by atoms with Gasteiger partial charge in [0, 0.05) is 16.4 Å². The maximum absolute atomic E-state index is 12.0. The van der Waals surface area contributed by atoms with Crippen molar-refractivity contribution in [1.82, 2.24) is 0 Å². The molecule has 0 saturated heterocycles. The van der Waals surface area contributed by atoms with Gasteiger partial charge >= 0.3 is 5.97 Å². The molecule has 0 saturated carbocycles. The minimum atomic E-state index is -0.450. The molecular formula is C17H17ClN2O3. The number of hydrogen-bond donors (Lipinski definition) is 2. The monoisotopic (exact) mass is 332 g/mol. The number of esters is 1. The lowest BCUT2D eigenvalue weighted by Gasteiger charge is -2.09. The van der Waals surface area contributed by atoms with Gasteiger partial charge in [0.1, 0.15) is 0 Å². The van der Waals surface area contributed by atoms with E-state index in [1.165, 1.54) is 7.11 Å². The summed E-state index contributed by atoms with van der Waals surface area (Å²) in [4.78, 5) is 23.4. The van der Waals surface area contributed by atoms with Crippen LogP contribution in [-0.2, 0) is 9.53 Å². The Labute approximate surface area is 139 Å². The largest absolute Gasteiger partial charge is 0.465 e. The van der Waals surface area contributed by atoms with Crippen molar-refractivity contribution in [3.8, 4) is 0 Å². The second-order valence-electron chi connectivity index (χ2n) is 4.94. The van der Waals surface area contributed by atoms with E-state index in [1.807, 2.05) is 19.1 Å². The van der Waals surface area contributed by atoms with Gasteiger partial charge in [-0.1, -0.05) is 23.7 Å². The van der Waals surface area contributed by atoms with Crippen LogP contribution < -0.4 is 10.6 Å². The quantitative estimate of drug-likeness (QED) is 0.822. The van der Waals surface area contributed by atoms with E-state index >= 15 is 0 Å². The molecule has 0 heterocycles. The fourth-order valence-corrected chi connectivity index (χ4v) is 2.11. The molecule has 0 atom stereocenters. The molecule has 1 amide bonds.